The summed E-state index contributed by atoms with van der Waals surface area (Å²) in [6.07, 6.45) is 0. The number of carbonyl (C=O) groups is 3. The Hall–Kier alpha value is -2.91. The number of benzene rings is 2. The van der Waals surface area contributed by atoms with E-state index < -0.39 is 5.97 Å². The van der Waals surface area contributed by atoms with Gasteiger partial charge in [-0.15, -0.1) is 0 Å². The van der Waals surface area contributed by atoms with Gasteiger partial charge < -0.3 is 4.74 Å². The van der Waals surface area contributed by atoms with E-state index in [9.17, 15) is 14.4 Å². The van der Waals surface area contributed by atoms with E-state index >= 15 is 0 Å². The molecule has 0 fully saturated rings. The normalized spacial score (nSPS) is 12.5. The van der Waals surface area contributed by atoms with Crippen molar-refractivity contribution in [1.82, 2.24) is 4.90 Å². The minimum Gasteiger partial charge on any atom is -0.465 e. The zero-order chi connectivity index (χ0) is 18.0. The van der Waals surface area contributed by atoms with E-state index in [0.29, 0.717) is 22.3 Å². The van der Waals surface area contributed by atoms with Crippen LogP contribution in [-0.4, -0.2) is 36.3 Å². The predicted octanol–water partition coefficient (Wildman–Crippen LogP) is 2.88. The summed E-state index contributed by atoms with van der Waals surface area (Å²) in [7, 11) is 1.29. The Labute approximate surface area is 152 Å². The second kappa shape index (κ2) is 6.91. The first-order chi connectivity index (χ1) is 12.0. The zero-order valence-electron chi connectivity index (χ0n) is 13.2. The van der Waals surface area contributed by atoms with Gasteiger partial charge in [-0.3, -0.25) is 14.5 Å². The Morgan fingerprint density at radius 2 is 1.76 bits per heavy atom. The molecule has 0 saturated heterocycles. The Morgan fingerprint density at radius 3 is 2.36 bits per heavy atom. The average molecular weight is 398 g/mol. The maximum absolute atomic E-state index is 12.3. The second-order valence-corrected chi connectivity index (χ2v) is 6.14. The van der Waals surface area contributed by atoms with Gasteiger partial charge in [0, 0.05) is 10.0 Å². The fourth-order valence-corrected chi connectivity index (χ4v) is 2.87. The molecule has 0 spiro atoms. The van der Waals surface area contributed by atoms with Crippen LogP contribution < -0.4 is 0 Å². The van der Waals surface area contributed by atoms with Crippen molar-refractivity contribution in [3.8, 4) is 11.8 Å². The summed E-state index contributed by atoms with van der Waals surface area (Å²) in [6, 6.07) is 11.6. The minimum atomic E-state index is -0.502. The highest BCUT2D eigenvalue weighted by Crippen LogP contribution is 2.22. The molecule has 2 aromatic carbocycles. The van der Waals surface area contributed by atoms with E-state index in [2.05, 4.69) is 27.8 Å². The number of hydrogen-bond acceptors (Lipinski definition) is 4. The quantitative estimate of drug-likeness (QED) is 0.444. The highest BCUT2D eigenvalue weighted by molar-refractivity contribution is 9.10. The molecule has 0 unspecified atom stereocenters. The number of methoxy groups -OCH3 is 1. The molecule has 25 heavy (non-hydrogen) atoms. The molecular weight excluding hydrogens is 386 g/mol. The van der Waals surface area contributed by atoms with Crippen molar-refractivity contribution in [2.24, 2.45) is 0 Å². The van der Waals surface area contributed by atoms with E-state index in [1.807, 2.05) is 0 Å². The largest absolute Gasteiger partial charge is 0.465 e. The number of amides is 2. The molecule has 2 aromatic rings. The Bertz CT molecular complexity index is 920. The molecular formula is C19H12BrNO4. The van der Waals surface area contributed by atoms with Crippen LogP contribution in [0.5, 0.6) is 0 Å². The third kappa shape index (κ3) is 3.19. The fraction of sp³-hybridized carbons (Fsp3) is 0.105. The summed E-state index contributed by atoms with van der Waals surface area (Å²) in [5, 5.41) is 0. The minimum absolute atomic E-state index is 0.0561. The van der Waals surface area contributed by atoms with Crippen molar-refractivity contribution >= 4 is 33.7 Å². The predicted molar refractivity (Wildman–Crippen MR) is 94.2 cm³/mol. The van der Waals surface area contributed by atoms with Crippen LogP contribution in [0.15, 0.2) is 46.9 Å². The smallest absolute Gasteiger partial charge is 0.339 e. The van der Waals surface area contributed by atoms with Gasteiger partial charge in [0.2, 0.25) is 0 Å². The Balaban J connectivity index is 1.85. The third-order valence-electron chi connectivity index (χ3n) is 3.73. The Morgan fingerprint density at radius 1 is 1.12 bits per heavy atom. The highest BCUT2D eigenvalue weighted by Gasteiger charge is 2.34. The van der Waals surface area contributed by atoms with E-state index in [4.69, 9.17) is 4.74 Å². The lowest BCUT2D eigenvalue weighted by Gasteiger charge is -2.08. The number of esters is 1. The summed E-state index contributed by atoms with van der Waals surface area (Å²) in [5.41, 5.74) is 1.54. The first-order valence-corrected chi connectivity index (χ1v) is 8.14. The Kier molecular flexibility index (Phi) is 4.68. The van der Waals surface area contributed by atoms with Gasteiger partial charge in [-0.1, -0.05) is 39.9 Å². The molecule has 1 heterocycles. The van der Waals surface area contributed by atoms with E-state index in [-0.39, 0.29) is 18.4 Å². The van der Waals surface area contributed by atoms with Crippen molar-refractivity contribution in [2.45, 2.75) is 0 Å². The molecule has 0 atom stereocenters. The molecule has 0 radical (unpaired) electrons. The summed E-state index contributed by atoms with van der Waals surface area (Å²) in [5.74, 6) is 4.40. The molecule has 0 N–H and O–H groups in total. The van der Waals surface area contributed by atoms with Gasteiger partial charge >= 0.3 is 5.97 Å². The maximum Gasteiger partial charge on any atom is 0.339 e. The molecule has 0 aromatic heterocycles. The SMILES string of the molecule is COC(=O)c1ccc(Br)cc1C#CCN1C(=O)c2ccccc2C1=O. The first kappa shape index (κ1) is 16.9. The fourth-order valence-electron chi connectivity index (χ4n) is 2.50. The lowest BCUT2D eigenvalue weighted by Crippen LogP contribution is -2.30. The number of ether oxygens (including phenoxy) is 1. The van der Waals surface area contributed by atoms with Gasteiger partial charge in [0.25, 0.3) is 11.8 Å². The standard InChI is InChI=1S/C19H12BrNO4/c1-25-19(24)14-9-8-13(20)11-12(14)5-4-10-21-17(22)15-6-2-3-7-16(15)18(21)23/h2-3,6-9,11H,10H2,1H3. The summed E-state index contributed by atoms with van der Waals surface area (Å²) < 4.78 is 5.49. The topological polar surface area (TPSA) is 63.7 Å². The zero-order valence-corrected chi connectivity index (χ0v) is 14.8. The van der Waals surface area contributed by atoms with Crippen molar-refractivity contribution in [3.63, 3.8) is 0 Å². The monoisotopic (exact) mass is 397 g/mol. The molecule has 2 amide bonds. The van der Waals surface area contributed by atoms with Crippen LogP contribution in [0, 0.1) is 11.8 Å². The van der Waals surface area contributed by atoms with Crippen LogP contribution in [-0.2, 0) is 4.74 Å². The van der Waals surface area contributed by atoms with Gasteiger partial charge in [0.1, 0.15) is 0 Å². The number of rotatable bonds is 2. The van der Waals surface area contributed by atoms with E-state index in [1.165, 1.54) is 7.11 Å². The average Bonchev–Trinajstić information content (AvgIpc) is 2.86. The van der Waals surface area contributed by atoms with Gasteiger partial charge in [0.15, 0.2) is 0 Å². The van der Waals surface area contributed by atoms with Crippen LogP contribution in [0.4, 0.5) is 0 Å². The molecule has 1 aliphatic rings. The molecule has 0 saturated carbocycles. The van der Waals surface area contributed by atoms with Crippen molar-refractivity contribution in [1.29, 1.82) is 0 Å². The lowest BCUT2D eigenvalue weighted by molar-refractivity contribution is 0.0598. The number of carbonyl (C=O) groups excluding carboxylic acids is 3. The number of fused-ring (bicyclic) bond motifs is 1. The maximum atomic E-state index is 12.3. The van der Waals surface area contributed by atoms with Crippen LogP contribution >= 0.6 is 15.9 Å². The molecule has 1 aliphatic heterocycles. The van der Waals surface area contributed by atoms with Crippen LogP contribution in [0.1, 0.15) is 36.6 Å². The van der Waals surface area contributed by atoms with Crippen molar-refractivity contribution in [3.05, 3.63) is 69.2 Å². The summed E-state index contributed by atoms with van der Waals surface area (Å²) in [4.78, 5) is 37.4. The van der Waals surface area contributed by atoms with Crippen LogP contribution in [0.2, 0.25) is 0 Å². The molecule has 5 nitrogen and oxygen atoms in total. The number of hydrogen-bond donors (Lipinski definition) is 0. The first-order valence-electron chi connectivity index (χ1n) is 7.35. The van der Waals surface area contributed by atoms with E-state index in [1.54, 1.807) is 42.5 Å². The van der Waals surface area contributed by atoms with Gasteiger partial charge in [-0.2, -0.15) is 0 Å². The molecule has 0 aliphatic carbocycles. The number of halogens is 1. The van der Waals surface area contributed by atoms with Crippen molar-refractivity contribution < 1.29 is 19.1 Å². The molecule has 6 heteroatoms. The van der Waals surface area contributed by atoms with Crippen LogP contribution in [0.3, 0.4) is 0 Å². The summed E-state index contributed by atoms with van der Waals surface area (Å²) >= 11 is 3.33. The highest BCUT2D eigenvalue weighted by atomic mass is 79.9. The lowest BCUT2D eigenvalue weighted by atomic mass is 10.1. The van der Waals surface area contributed by atoms with E-state index in [0.717, 1.165) is 9.37 Å². The van der Waals surface area contributed by atoms with Crippen LogP contribution in [0.25, 0.3) is 0 Å². The van der Waals surface area contributed by atoms with Gasteiger partial charge in [0.05, 0.1) is 30.3 Å². The summed E-state index contributed by atoms with van der Waals surface area (Å²) in [6.45, 7) is -0.0561. The third-order valence-corrected chi connectivity index (χ3v) is 4.22. The van der Waals surface area contributed by atoms with Gasteiger partial charge in [-0.25, -0.2) is 4.79 Å². The molecule has 0 bridgehead atoms. The number of nitrogens with zero attached hydrogens (tertiary/aromatic N) is 1. The second-order valence-electron chi connectivity index (χ2n) is 5.23. The molecule has 124 valence electrons. The number of imide groups is 1. The van der Waals surface area contributed by atoms with Gasteiger partial charge in [-0.05, 0) is 30.3 Å². The molecule has 3 rings (SSSR count). The van der Waals surface area contributed by atoms with Crippen molar-refractivity contribution in [2.75, 3.05) is 13.7 Å².